The van der Waals surface area contributed by atoms with E-state index in [0.717, 1.165) is 36.5 Å². The van der Waals surface area contributed by atoms with Crippen LogP contribution >= 0.6 is 0 Å². The van der Waals surface area contributed by atoms with Gasteiger partial charge in [0.1, 0.15) is 0 Å². The third-order valence-corrected chi connectivity index (χ3v) is 4.10. The summed E-state index contributed by atoms with van der Waals surface area (Å²) in [5.41, 5.74) is 4.48. The average molecular weight is 339 g/mol. The quantitative estimate of drug-likeness (QED) is 0.392. The molecule has 3 N–H and O–H groups in total. The van der Waals surface area contributed by atoms with E-state index in [9.17, 15) is 5.11 Å². The zero-order valence-corrected chi connectivity index (χ0v) is 15.3. The number of benzene rings is 2. The van der Waals surface area contributed by atoms with Gasteiger partial charge in [-0.3, -0.25) is 0 Å². The maximum absolute atomic E-state index is 9.46. The molecule has 2 rings (SSSR count). The van der Waals surface area contributed by atoms with Gasteiger partial charge in [-0.05, 0) is 30.0 Å². The predicted octanol–water partition coefficient (Wildman–Crippen LogP) is 3.52. The number of hydrogen-bond donors (Lipinski definition) is 3. The number of aliphatic hydroxyl groups excluding tert-OH is 1. The molecule has 0 fully saturated rings. The van der Waals surface area contributed by atoms with Crippen molar-refractivity contribution in [1.82, 2.24) is 10.6 Å². The van der Waals surface area contributed by atoms with Crippen LogP contribution in [0, 0.1) is 6.92 Å². The number of unbranched alkanes of at least 4 members (excludes halogenated alkanes) is 1. The molecule has 4 heteroatoms. The maximum atomic E-state index is 9.46. The number of rotatable bonds is 8. The average Bonchev–Trinajstić information content (AvgIpc) is 2.65. The number of aliphatic hydroxyl groups is 1. The van der Waals surface area contributed by atoms with Gasteiger partial charge in [-0.15, -0.1) is 0 Å². The van der Waals surface area contributed by atoms with Gasteiger partial charge < -0.3 is 15.7 Å². The van der Waals surface area contributed by atoms with Crippen molar-refractivity contribution in [2.75, 3.05) is 6.54 Å². The van der Waals surface area contributed by atoms with Gasteiger partial charge in [0.25, 0.3) is 0 Å². The van der Waals surface area contributed by atoms with E-state index < -0.39 is 0 Å². The summed E-state index contributed by atoms with van der Waals surface area (Å²) in [4.78, 5) is 4.70. The Morgan fingerprint density at radius 2 is 1.72 bits per heavy atom. The molecule has 0 aliphatic rings. The Bertz CT molecular complexity index is 665. The van der Waals surface area contributed by atoms with Gasteiger partial charge in [0.05, 0.1) is 13.2 Å². The molecule has 0 atom stereocenters. The van der Waals surface area contributed by atoms with Gasteiger partial charge in [0.2, 0.25) is 0 Å². The summed E-state index contributed by atoms with van der Waals surface area (Å²) in [6.45, 7) is 6.50. The summed E-state index contributed by atoms with van der Waals surface area (Å²) in [7, 11) is 0. The van der Waals surface area contributed by atoms with Crippen LogP contribution in [-0.4, -0.2) is 17.6 Å². The summed E-state index contributed by atoms with van der Waals surface area (Å²) < 4.78 is 0. The molecular weight excluding hydrogens is 310 g/mol. The molecule has 0 heterocycles. The van der Waals surface area contributed by atoms with Crippen LogP contribution in [0.4, 0.5) is 0 Å². The van der Waals surface area contributed by atoms with Crippen molar-refractivity contribution in [2.24, 2.45) is 4.99 Å². The van der Waals surface area contributed by atoms with Crippen LogP contribution in [0.3, 0.4) is 0 Å². The minimum Gasteiger partial charge on any atom is -0.392 e. The van der Waals surface area contributed by atoms with Gasteiger partial charge in [-0.1, -0.05) is 67.4 Å². The third-order valence-electron chi connectivity index (χ3n) is 4.10. The van der Waals surface area contributed by atoms with E-state index in [1.165, 1.54) is 11.1 Å². The standard InChI is InChI=1S/C21H29N3O/c1-3-4-13-22-21(23-14-18-11-9-17(2)10-12-18)24-15-19-7-5-6-8-20(19)16-25/h5-12,25H,3-4,13-16H2,1-2H3,(H2,22,23,24). The van der Waals surface area contributed by atoms with E-state index in [4.69, 9.17) is 4.99 Å². The van der Waals surface area contributed by atoms with Crippen molar-refractivity contribution in [3.8, 4) is 0 Å². The molecule has 0 spiro atoms. The first-order valence-electron chi connectivity index (χ1n) is 8.98. The van der Waals surface area contributed by atoms with Crippen molar-refractivity contribution in [2.45, 2.75) is 46.4 Å². The Morgan fingerprint density at radius 1 is 1.00 bits per heavy atom. The molecule has 2 aromatic carbocycles. The molecule has 25 heavy (non-hydrogen) atoms. The van der Waals surface area contributed by atoms with Crippen molar-refractivity contribution >= 4 is 5.96 Å². The summed E-state index contributed by atoms with van der Waals surface area (Å²) in [6.07, 6.45) is 2.25. The van der Waals surface area contributed by atoms with Gasteiger partial charge in [0.15, 0.2) is 5.96 Å². The van der Waals surface area contributed by atoms with E-state index in [1.54, 1.807) is 0 Å². The highest BCUT2D eigenvalue weighted by atomic mass is 16.3. The van der Waals surface area contributed by atoms with E-state index in [2.05, 4.69) is 48.7 Å². The molecule has 0 radical (unpaired) electrons. The summed E-state index contributed by atoms with van der Waals surface area (Å²) in [6, 6.07) is 16.4. The molecule has 0 bridgehead atoms. The van der Waals surface area contributed by atoms with Crippen molar-refractivity contribution in [1.29, 1.82) is 0 Å². The molecule has 0 amide bonds. The number of guanidine groups is 1. The lowest BCUT2D eigenvalue weighted by molar-refractivity contribution is 0.280. The zero-order chi connectivity index (χ0) is 17.9. The topological polar surface area (TPSA) is 56.7 Å². The van der Waals surface area contributed by atoms with Crippen LogP contribution in [0.1, 0.15) is 42.0 Å². The summed E-state index contributed by atoms with van der Waals surface area (Å²) in [5.74, 6) is 0.807. The number of aliphatic imine (C=N–C) groups is 1. The molecule has 0 unspecified atom stereocenters. The van der Waals surface area contributed by atoms with Crippen LogP contribution in [0.5, 0.6) is 0 Å². The fraction of sp³-hybridized carbons (Fsp3) is 0.381. The second kappa shape index (κ2) is 10.5. The number of aryl methyl sites for hydroxylation is 1. The predicted molar refractivity (Wildman–Crippen MR) is 104 cm³/mol. The van der Waals surface area contributed by atoms with E-state index in [0.29, 0.717) is 13.1 Å². The molecule has 2 aromatic rings. The van der Waals surface area contributed by atoms with Crippen molar-refractivity contribution in [3.63, 3.8) is 0 Å². The third kappa shape index (κ3) is 6.59. The van der Waals surface area contributed by atoms with E-state index in [-0.39, 0.29) is 6.61 Å². The number of nitrogens with one attached hydrogen (secondary N) is 2. The summed E-state index contributed by atoms with van der Waals surface area (Å²) in [5, 5.41) is 16.2. The van der Waals surface area contributed by atoms with E-state index >= 15 is 0 Å². The van der Waals surface area contributed by atoms with Gasteiger partial charge >= 0.3 is 0 Å². The lowest BCUT2D eigenvalue weighted by Gasteiger charge is -2.14. The van der Waals surface area contributed by atoms with Crippen molar-refractivity contribution in [3.05, 3.63) is 70.8 Å². The molecule has 0 aromatic heterocycles. The fourth-order valence-corrected chi connectivity index (χ4v) is 2.48. The van der Waals surface area contributed by atoms with Crippen LogP contribution in [-0.2, 0) is 19.7 Å². The van der Waals surface area contributed by atoms with Crippen LogP contribution in [0.25, 0.3) is 0 Å². The lowest BCUT2D eigenvalue weighted by Crippen LogP contribution is -2.37. The Labute approximate surface area is 151 Å². The lowest BCUT2D eigenvalue weighted by atomic mass is 10.1. The first-order chi connectivity index (χ1) is 12.2. The highest BCUT2D eigenvalue weighted by molar-refractivity contribution is 5.79. The second-order valence-electron chi connectivity index (χ2n) is 6.21. The smallest absolute Gasteiger partial charge is 0.191 e. The highest BCUT2D eigenvalue weighted by Gasteiger charge is 2.03. The minimum absolute atomic E-state index is 0.0525. The molecular formula is C21H29N3O. The highest BCUT2D eigenvalue weighted by Crippen LogP contribution is 2.08. The maximum Gasteiger partial charge on any atom is 0.191 e. The van der Waals surface area contributed by atoms with Crippen LogP contribution in [0.2, 0.25) is 0 Å². The van der Waals surface area contributed by atoms with Crippen LogP contribution in [0.15, 0.2) is 53.5 Å². The number of nitrogens with zero attached hydrogens (tertiary/aromatic N) is 1. The molecule has 134 valence electrons. The Hall–Kier alpha value is -2.33. The number of hydrogen-bond acceptors (Lipinski definition) is 2. The van der Waals surface area contributed by atoms with Crippen molar-refractivity contribution < 1.29 is 5.11 Å². The Kier molecular flexibility index (Phi) is 7.99. The van der Waals surface area contributed by atoms with Gasteiger partial charge in [-0.2, -0.15) is 0 Å². The normalized spacial score (nSPS) is 11.4. The second-order valence-corrected chi connectivity index (χ2v) is 6.21. The molecule has 0 aliphatic carbocycles. The van der Waals surface area contributed by atoms with Crippen LogP contribution < -0.4 is 10.6 Å². The first-order valence-corrected chi connectivity index (χ1v) is 8.98. The fourth-order valence-electron chi connectivity index (χ4n) is 2.48. The monoisotopic (exact) mass is 339 g/mol. The summed E-state index contributed by atoms with van der Waals surface area (Å²) >= 11 is 0. The zero-order valence-electron chi connectivity index (χ0n) is 15.3. The Balaban J connectivity index is 2.01. The Morgan fingerprint density at radius 3 is 2.40 bits per heavy atom. The largest absolute Gasteiger partial charge is 0.392 e. The van der Waals surface area contributed by atoms with Gasteiger partial charge in [-0.25, -0.2) is 4.99 Å². The van der Waals surface area contributed by atoms with Gasteiger partial charge in [0, 0.05) is 13.1 Å². The molecule has 4 nitrogen and oxygen atoms in total. The first kappa shape index (κ1) is 19.0. The molecule has 0 saturated carbocycles. The SMILES string of the molecule is CCCCNC(=NCc1ccc(C)cc1)NCc1ccccc1CO. The molecule has 0 saturated heterocycles. The minimum atomic E-state index is 0.0525. The molecule has 0 aliphatic heterocycles. The van der Waals surface area contributed by atoms with E-state index in [1.807, 2.05) is 24.3 Å².